The van der Waals surface area contributed by atoms with Crippen LogP contribution >= 0.6 is 11.3 Å². The molecular weight excluding hydrogens is 288 g/mol. The number of hydrogen-bond donors (Lipinski definition) is 2. The number of carbonyl (C=O) groups excluding carboxylic acids is 1. The number of rotatable bonds is 3. The summed E-state index contributed by atoms with van der Waals surface area (Å²) < 4.78 is 5.66. The molecule has 0 bridgehead atoms. The van der Waals surface area contributed by atoms with Crippen molar-refractivity contribution in [2.75, 3.05) is 24.1 Å². The Morgan fingerprint density at radius 2 is 2.05 bits per heavy atom. The largest absolute Gasteiger partial charge is 0.382 e. The lowest BCUT2D eigenvalue weighted by Gasteiger charge is -2.35. The van der Waals surface area contributed by atoms with Crippen molar-refractivity contribution in [1.29, 1.82) is 0 Å². The van der Waals surface area contributed by atoms with E-state index in [-0.39, 0.29) is 18.1 Å². The van der Waals surface area contributed by atoms with Gasteiger partial charge in [0, 0.05) is 19.1 Å². The van der Waals surface area contributed by atoms with Gasteiger partial charge in [0.1, 0.15) is 10.7 Å². The lowest BCUT2D eigenvalue weighted by atomic mass is 9.93. The van der Waals surface area contributed by atoms with Crippen molar-refractivity contribution in [3.8, 4) is 0 Å². The van der Waals surface area contributed by atoms with Crippen molar-refractivity contribution < 1.29 is 9.53 Å². The van der Waals surface area contributed by atoms with Crippen LogP contribution in [0.5, 0.6) is 0 Å². The predicted molar refractivity (Wildman–Crippen MR) is 83.7 cm³/mol. The lowest BCUT2D eigenvalue weighted by molar-refractivity contribution is -0.0584. The Hall–Kier alpha value is -1.34. The number of carbonyl (C=O) groups is 1. The first kappa shape index (κ1) is 14.6. The zero-order valence-electron chi connectivity index (χ0n) is 12.5. The molecule has 2 atom stereocenters. The quantitative estimate of drug-likeness (QED) is 0.892. The number of anilines is 2. The Kier molecular flexibility index (Phi) is 4.03. The fourth-order valence-electron chi connectivity index (χ4n) is 2.76. The van der Waals surface area contributed by atoms with Gasteiger partial charge < -0.3 is 20.7 Å². The Balaban J connectivity index is 1.71. The fourth-order valence-corrected chi connectivity index (χ4v) is 3.69. The summed E-state index contributed by atoms with van der Waals surface area (Å²) in [6.45, 7) is 5.17. The zero-order valence-corrected chi connectivity index (χ0v) is 13.3. The van der Waals surface area contributed by atoms with Crippen molar-refractivity contribution in [3.63, 3.8) is 0 Å². The first-order valence-electron chi connectivity index (χ1n) is 7.50. The van der Waals surface area contributed by atoms with Gasteiger partial charge in [-0.1, -0.05) is 11.3 Å². The van der Waals surface area contributed by atoms with Gasteiger partial charge >= 0.3 is 0 Å². The molecule has 0 radical (unpaired) electrons. The SMILES string of the molecule is CC1CN(C(=O)c2sc(NC3CCC3)nc2N)CC(C)O1. The molecule has 0 spiro atoms. The first-order chi connectivity index (χ1) is 10.0. The maximum Gasteiger partial charge on any atom is 0.268 e. The monoisotopic (exact) mass is 310 g/mol. The van der Waals surface area contributed by atoms with E-state index in [1.807, 2.05) is 18.7 Å². The van der Waals surface area contributed by atoms with E-state index in [9.17, 15) is 4.79 Å². The molecule has 3 rings (SSSR count). The van der Waals surface area contributed by atoms with Crippen LogP contribution in [0.3, 0.4) is 0 Å². The van der Waals surface area contributed by atoms with Crippen LogP contribution in [0.25, 0.3) is 0 Å². The van der Waals surface area contributed by atoms with Gasteiger partial charge in [0.2, 0.25) is 0 Å². The molecule has 2 heterocycles. The third-order valence-electron chi connectivity index (χ3n) is 3.99. The maximum absolute atomic E-state index is 12.6. The van der Waals surface area contributed by atoms with Crippen LogP contribution in [0.15, 0.2) is 0 Å². The summed E-state index contributed by atoms with van der Waals surface area (Å²) in [7, 11) is 0. The topological polar surface area (TPSA) is 80.5 Å². The van der Waals surface area contributed by atoms with Crippen molar-refractivity contribution >= 4 is 28.2 Å². The summed E-state index contributed by atoms with van der Waals surface area (Å²) in [5.41, 5.74) is 5.93. The van der Waals surface area contributed by atoms with Gasteiger partial charge in [-0.15, -0.1) is 0 Å². The third kappa shape index (κ3) is 3.13. The minimum absolute atomic E-state index is 0.0336. The summed E-state index contributed by atoms with van der Waals surface area (Å²) in [6.07, 6.45) is 3.70. The average molecular weight is 310 g/mol. The second kappa shape index (κ2) is 5.81. The minimum Gasteiger partial charge on any atom is -0.382 e. The van der Waals surface area contributed by atoms with Gasteiger partial charge in [-0.3, -0.25) is 4.79 Å². The van der Waals surface area contributed by atoms with Gasteiger partial charge in [0.15, 0.2) is 5.13 Å². The third-order valence-corrected chi connectivity index (χ3v) is 4.98. The average Bonchev–Trinajstić information content (AvgIpc) is 2.73. The van der Waals surface area contributed by atoms with Crippen LogP contribution < -0.4 is 11.1 Å². The molecule has 1 saturated heterocycles. The molecule has 2 unspecified atom stereocenters. The summed E-state index contributed by atoms with van der Waals surface area (Å²) in [4.78, 5) is 19.3. The van der Waals surface area contributed by atoms with E-state index in [4.69, 9.17) is 10.5 Å². The number of nitrogens with zero attached hydrogens (tertiary/aromatic N) is 2. The first-order valence-corrected chi connectivity index (χ1v) is 8.32. The van der Waals surface area contributed by atoms with Crippen LogP contribution in [-0.2, 0) is 4.74 Å². The van der Waals surface area contributed by atoms with Crippen molar-refractivity contribution in [1.82, 2.24) is 9.88 Å². The van der Waals surface area contributed by atoms with Crippen LogP contribution in [0, 0.1) is 0 Å². The molecule has 1 aliphatic carbocycles. The summed E-state index contributed by atoms with van der Waals surface area (Å²) in [6, 6.07) is 0.488. The Bertz CT molecular complexity index is 519. The van der Waals surface area contributed by atoms with Crippen LogP contribution in [-0.4, -0.2) is 47.1 Å². The smallest absolute Gasteiger partial charge is 0.268 e. The molecule has 3 N–H and O–H groups in total. The molecule has 1 saturated carbocycles. The second-order valence-electron chi connectivity index (χ2n) is 5.97. The Labute approximate surface area is 128 Å². The van der Waals surface area contributed by atoms with E-state index in [1.54, 1.807) is 0 Å². The highest BCUT2D eigenvalue weighted by molar-refractivity contribution is 7.18. The molecule has 2 fully saturated rings. The van der Waals surface area contributed by atoms with E-state index < -0.39 is 0 Å². The number of morpholine rings is 1. The van der Waals surface area contributed by atoms with E-state index in [1.165, 1.54) is 30.6 Å². The van der Waals surface area contributed by atoms with E-state index in [0.29, 0.717) is 29.8 Å². The molecule has 1 aromatic rings. The van der Waals surface area contributed by atoms with Gasteiger partial charge in [-0.25, -0.2) is 4.98 Å². The molecular formula is C14H22N4O2S. The van der Waals surface area contributed by atoms with Gasteiger partial charge in [0.05, 0.1) is 12.2 Å². The van der Waals surface area contributed by atoms with Crippen LogP contribution in [0.2, 0.25) is 0 Å². The molecule has 1 amide bonds. The standard InChI is InChI=1S/C14H22N4O2S/c1-8-6-18(7-9(2)20-8)13(19)11-12(15)17-14(21-11)16-10-4-3-5-10/h8-10H,3-7,15H2,1-2H3,(H,16,17). The number of nitrogens with one attached hydrogen (secondary N) is 1. The second-order valence-corrected chi connectivity index (χ2v) is 6.97. The molecule has 116 valence electrons. The molecule has 6 nitrogen and oxygen atoms in total. The number of hydrogen-bond acceptors (Lipinski definition) is 6. The summed E-state index contributed by atoms with van der Waals surface area (Å²) in [5, 5.41) is 4.11. The number of nitrogens with two attached hydrogens (primary N) is 1. The molecule has 1 aromatic heterocycles. The molecule has 1 aliphatic heterocycles. The maximum atomic E-state index is 12.6. The number of amides is 1. The van der Waals surface area contributed by atoms with Gasteiger partial charge in [-0.05, 0) is 33.1 Å². The van der Waals surface area contributed by atoms with E-state index >= 15 is 0 Å². The normalized spacial score (nSPS) is 26.5. The van der Waals surface area contributed by atoms with Crippen molar-refractivity contribution in [3.05, 3.63) is 4.88 Å². The molecule has 0 aromatic carbocycles. The molecule has 21 heavy (non-hydrogen) atoms. The lowest BCUT2D eigenvalue weighted by Crippen LogP contribution is -2.48. The molecule has 2 aliphatic rings. The van der Waals surface area contributed by atoms with Crippen molar-refractivity contribution in [2.24, 2.45) is 0 Å². The van der Waals surface area contributed by atoms with Gasteiger partial charge in [0.25, 0.3) is 5.91 Å². The minimum atomic E-state index is -0.0336. The number of nitrogen functional groups attached to an aromatic ring is 1. The van der Waals surface area contributed by atoms with Crippen molar-refractivity contribution in [2.45, 2.75) is 51.4 Å². The zero-order chi connectivity index (χ0) is 15.0. The summed E-state index contributed by atoms with van der Waals surface area (Å²) >= 11 is 1.36. The fraction of sp³-hybridized carbons (Fsp3) is 0.714. The Morgan fingerprint density at radius 1 is 1.38 bits per heavy atom. The van der Waals surface area contributed by atoms with E-state index in [0.717, 1.165) is 5.13 Å². The van der Waals surface area contributed by atoms with Gasteiger partial charge in [-0.2, -0.15) is 0 Å². The highest BCUT2D eigenvalue weighted by Gasteiger charge is 2.29. The van der Waals surface area contributed by atoms with Crippen LogP contribution in [0.4, 0.5) is 10.9 Å². The van der Waals surface area contributed by atoms with E-state index in [2.05, 4.69) is 10.3 Å². The van der Waals surface area contributed by atoms with Crippen LogP contribution in [0.1, 0.15) is 42.8 Å². The summed E-state index contributed by atoms with van der Waals surface area (Å²) in [5.74, 6) is 0.298. The number of aromatic nitrogens is 1. The highest BCUT2D eigenvalue weighted by Crippen LogP contribution is 2.30. The predicted octanol–water partition coefficient (Wildman–Crippen LogP) is 1.94. The Morgan fingerprint density at radius 3 is 2.62 bits per heavy atom. The number of thiazole rings is 1. The highest BCUT2D eigenvalue weighted by atomic mass is 32.1. The molecule has 7 heteroatoms. The number of ether oxygens (including phenoxy) is 1.